The van der Waals surface area contributed by atoms with Crippen LogP contribution in [0, 0.1) is 31.6 Å². The molecule has 0 aliphatic carbocycles. The SMILES string of the molecule is C=CCCOC(=O)[C@H]1[C@@H]2OC3(CC2Br)C(C(=O)N(CC=C)c2c(C)cccc2C)N([C@@H](CO)CC(C)C)C(=O)[C@H]13. The number of rotatable bonds is 12. The van der Waals surface area contributed by atoms with Crippen molar-refractivity contribution < 1.29 is 29.0 Å². The summed E-state index contributed by atoms with van der Waals surface area (Å²) in [6.45, 7) is 15.6. The quantitative estimate of drug-likeness (QED) is 0.164. The highest BCUT2D eigenvalue weighted by Gasteiger charge is 2.77. The van der Waals surface area contributed by atoms with Gasteiger partial charge in [0.15, 0.2) is 0 Å². The number of aliphatic hydroxyl groups is 1. The minimum absolute atomic E-state index is 0.155. The van der Waals surface area contributed by atoms with E-state index in [0.717, 1.165) is 16.8 Å². The maximum atomic E-state index is 14.8. The molecule has 2 bridgehead atoms. The minimum Gasteiger partial charge on any atom is -0.465 e. The number of amides is 2. The molecule has 3 aliphatic heterocycles. The van der Waals surface area contributed by atoms with Crippen molar-refractivity contribution in [3.05, 3.63) is 54.6 Å². The molecule has 3 aliphatic rings. The second kappa shape index (κ2) is 12.2. The predicted molar refractivity (Wildman–Crippen MR) is 157 cm³/mol. The summed E-state index contributed by atoms with van der Waals surface area (Å²) in [5.74, 6) is -2.75. The third-order valence-corrected chi connectivity index (χ3v) is 9.28. The number of anilines is 1. The van der Waals surface area contributed by atoms with Gasteiger partial charge in [-0.05, 0) is 50.2 Å². The highest BCUT2D eigenvalue weighted by molar-refractivity contribution is 9.09. The molecule has 0 radical (unpaired) electrons. The summed E-state index contributed by atoms with van der Waals surface area (Å²) >= 11 is 3.69. The molecule has 7 atom stereocenters. The van der Waals surface area contributed by atoms with E-state index in [1.807, 2.05) is 45.9 Å². The minimum atomic E-state index is -1.24. The Morgan fingerprint density at radius 2 is 1.95 bits per heavy atom. The van der Waals surface area contributed by atoms with Crippen molar-refractivity contribution in [1.29, 1.82) is 0 Å². The lowest BCUT2D eigenvalue weighted by Gasteiger charge is -2.40. The maximum Gasteiger partial charge on any atom is 0.312 e. The highest BCUT2D eigenvalue weighted by atomic mass is 79.9. The molecule has 3 unspecified atom stereocenters. The first-order valence-electron chi connectivity index (χ1n) is 14.0. The van der Waals surface area contributed by atoms with Crippen LogP contribution in [-0.4, -0.2) is 76.2 Å². The zero-order chi connectivity index (χ0) is 29.4. The fourth-order valence-corrected chi connectivity index (χ4v) is 7.91. The van der Waals surface area contributed by atoms with E-state index in [1.54, 1.807) is 17.1 Å². The van der Waals surface area contributed by atoms with Crippen LogP contribution in [0.15, 0.2) is 43.5 Å². The van der Waals surface area contributed by atoms with Gasteiger partial charge in [0.1, 0.15) is 11.6 Å². The van der Waals surface area contributed by atoms with Crippen LogP contribution in [0.3, 0.4) is 0 Å². The van der Waals surface area contributed by atoms with E-state index in [-0.39, 0.29) is 42.3 Å². The Kier molecular flexibility index (Phi) is 9.27. The molecule has 3 heterocycles. The predicted octanol–water partition coefficient (Wildman–Crippen LogP) is 4.10. The average Bonchev–Trinajstić information content (AvgIpc) is 3.49. The average molecular weight is 618 g/mol. The summed E-state index contributed by atoms with van der Waals surface area (Å²) < 4.78 is 12.2. The van der Waals surface area contributed by atoms with Crippen LogP contribution >= 0.6 is 15.9 Å². The van der Waals surface area contributed by atoms with Gasteiger partial charge >= 0.3 is 5.97 Å². The number of aryl methyl sites for hydroxylation is 2. The maximum absolute atomic E-state index is 14.8. The lowest BCUT2D eigenvalue weighted by atomic mass is 9.70. The molecule has 40 heavy (non-hydrogen) atoms. The number of aliphatic hydroxyl groups excluding tert-OH is 1. The van der Waals surface area contributed by atoms with Gasteiger partial charge in [-0.3, -0.25) is 14.4 Å². The molecule has 2 amide bonds. The normalized spacial score (nSPS) is 29.4. The molecule has 0 aromatic heterocycles. The first-order chi connectivity index (χ1) is 19.0. The number of alkyl halides is 1. The van der Waals surface area contributed by atoms with Crippen molar-refractivity contribution in [2.45, 2.75) is 75.6 Å². The van der Waals surface area contributed by atoms with Crippen LogP contribution in [0.5, 0.6) is 0 Å². The number of hydrogen-bond donors (Lipinski definition) is 1. The zero-order valence-corrected chi connectivity index (χ0v) is 25.4. The van der Waals surface area contributed by atoms with Crippen molar-refractivity contribution in [2.75, 3.05) is 24.7 Å². The van der Waals surface area contributed by atoms with Crippen LogP contribution in [0.1, 0.15) is 44.2 Å². The molecule has 3 saturated heterocycles. The molecule has 8 nitrogen and oxygen atoms in total. The van der Waals surface area contributed by atoms with Crippen molar-refractivity contribution in [3.8, 4) is 0 Å². The topological polar surface area (TPSA) is 96.4 Å². The van der Waals surface area contributed by atoms with Crippen molar-refractivity contribution in [3.63, 3.8) is 0 Å². The highest BCUT2D eigenvalue weighted by Crippen LogP contribution is 2.61. The lowest BCUT2D eigenvalue weighted by molar-refractivity contribution is -0.155. The summed E-state index contributed by atoms with van der Waals surface area (Å²) in [7, 11) is 0. The van der Waals surface area contributed by atoms with Gasteiger partial charge in [0, 0.05) is 17.1 Å². The summed E-state index contributed by atoms with van der Waals surface area (Å²) in [4.78, 5) is 45.5. The summed E-state index contributed by atoms with van der Waals surface area (Å²) in [5, 5.41) is 10.5. The van der Waals surface area contributed by atoms with Gasteiger partial charge in [0.2, 0.25) is 5.91 Å². The second-order valence-corrected chi connectivity index (χ2v) is 12.8. The largest absolute Gasteiger partial charge is 0.465 e. The van der Waals surface area contributed by atoms with Crippen LogP contribution in [-0.2, 0) is 23.9 Å². The number of carbonyl (C=O) groups is 3. The number of esters is 1. The van der Waals surface area contributed by atoms with E-state index in [4.69, 9.17) is 9.47 Å². The molecule has 1 aromatic carbocycles. The van der Waals surface area contributed by atoms with Gasteiger partial charge in [-0.15, -0.1) is 13.2 Å². The molecule has 4 rings (SSSR count). The molecular formula is C31H41BrN2O6. The number of carbonyl (C=O) groups excluding carboxylic acids is 3. The molecule has 0 saturated carbocycles. The zero-order valence-electron chi connectivity index (χ0n) is 23.8. The summed E-state index contributed by atoms with van der Waals surface area (Å²) in [6, 6.07) is 4.19. The molecule has 3 fully saturated rings. The smallest absolute Gasteiger partial charge is 0.312 e. The monoisotopic (exact) mass is 616 g/mol. The lowest BCUT2D eigenvalue weighted by Crippen LogP contribution is -2.59. The Hall–Kier alpha value is -2.49. The van der Waals surface area contributed by atoms with E-state index in [2.05, 4.69) is 29.1 Å². The van der Waals surface area contributed by atoms with Gasteiger partial charge < -0.3 is 24.4 Å². The van der Waals surface area contributed by atoms with Crippen molar-refractivity contribution in [2.24, 2.45) is 17.8 Å². The fraction of sp³-hybridized carbons (Fsp3) is 0.581. The Balaban J connectivity index is 1.85. The standard InChI is InChI=1S/C31H41BrN2O6/c1-7-9-14-39-30(38)23-24-28(36)34(21(17-35)15-18(3)4)27(31(24)16-22(32)26(23)40-31)29(37)33(13-8-2)25-19(5)11-10-12-20(25)6/h7-8,10-12,18,21-24,26-27,35H,1-2,9,13-17H2,3-6H3/t21-,22?,23-,24+,26-,27?,31?/m1/s1. The van der Waals surface area contributed by atoms with Crippen LogP contribution in [0.4, 0.5) is 5.69 Å². The number of likely N-dealkylation sites (tertiary alicyclic amines) is 1. The van der Waals surface area contributed by atoms with Crippen LogP contribution < -0.4 is 4.90 Å². The number of nitrogens with zero attached hydrogens (tertiary/aromatic N) is 2. The van der Waals surface area contributed by atoms with Gasteiger partial charge in [-0.25, -0.2) is 0 Å². The summed E-state index contributed by atoms with van der Waals surface area (Å²) in [6.07, 6.45) is 4.09. The number of halogens is 1. The van der Waals surface area contributed by atoms with Crippen LogP contribution in [0.2, 0.25) is 0 Å². The van der Waals surface area contributed by atoms with Gasteiger partial charge in [0.05, 0.1) is 37.2 Å². The fourth-order valence-electron chi connectivity index (χ4n) is 6.97. The van der Waals surface area contributed by atoms with Crippen molar-refractivity contribution in [1.82, 2.24) is 4.90 Å². The van der Waals surface area contributed by atoms with Gasteiger partial charge in [0.25, 0.3) is 5.91 Å². The number of para-hydroxylation sites is 1. The van der Waals surface area contributed by atoms with E-state index in [0.29, 0.717) is 19.3 Å². The second-order valence-electron chi connectivity index (χ2n) is 11.6. The van der Waals surface area contributed by atoms with Gasteiger partial charge in [-0.1, -0.05) is 60.1 Å². The third kappa shape index (κ3) is 5.05. The van der Waals surface area contributed by atoms with E-state index >= 15 is 0 Å². The molecule has 9 heteroatoms. The number of ether oxygens (including phenoxy) is 2. The van der Waals surface area contributed by atoms with E-state index in [9.17, 15) is 19.5 Å². The Labute approximate surface area is 245 Å². The number of benzene rings is 1. The third-order valence-electron chi connectivity index (χ3n) is 8.43. The molecule has 218 valence electrons. The molecule has 1 N–H and O–H groups in total. The molecular weight excluding hydrogens is 576 g/mol. The Morgan fingerprint density at radius 3 is 2.52 bits per heavy atom. The first-order valence-corrected chi connectivity index (χ1v) is 15.0. The summed E-state index contributed by atoms with van der Waals surface area (Å²) in [5.41, 5.74) is 1.35. The van der Waals surface area contributed by atoms with E-state index in [1.165, 1.54) is 4.90 Å². The van der Waals surface area contributed by atoms with Crippen molar-refractivity contribution >= 4 is 39.4 Å². The molecule has 1 spiro atoms. The molecule has 1 aromatic rings. The first kappa shape index (κ1) is 30.5. The Bertz CT molecular complexity index is 1150. The Morgan fingerprint density at radius 1 is 1.27 bits per heavy atom. The number of hydrogen-bond acceptors (Lipinski definition) is 6. The van der Waals surface area contributed by atoms with E-state index < -0.39 is 41.6 Å². The van der Waals surface area contributed by atoms with Crippen LogP contribution in [0.25, 0.3) is 0 Å². The van der Waals surface area contributed by atoms with Gasteiger partial charge in [-0.2, -0.15) is 0 Å². The number of fused-ring (bicyclic) bond motifs is 1.